The maximum Gasteiger partial charge on any atom is 0.321 e. The van der Waals surface area contributed by atoms with Crippen LogP contribution in [0.1, 0.15) is 17.9 Å². The number of hydrogen-bond acceptors (Lipinski definition) is 5. The lowest BCUT2D eigenvalue weighted by Crippen LogP contribution is -2.32. The molecule has 1 saturated heterocycles. The molecule has 0 aliphatic carbocycles. The summed E-state index contributed by atoms with van der Waals surface area (Å²) in [5.41, 5.74) is 3.24. The average molecular weight is 367 g/mol. The molecule has 0 saturated carbocycles. The van der Waals surface area contributed by atoms with E-state index in [0.29, 0.717) is 30.0 Å². The van der Waals surface area contributed by atoms with Crippen molar-refractivity contribution in [3.8, 4) is 11.5 Å². The highest BCUT2D eigenvalue weighted by Crippen LogP contribution is 2.39. The predicted molar refractivity (Wildman–Crippen MR) is 101 cm³/mol. The first kappa shape index (κ1) is 17.1. The number of H-pyrrole nitrogens is 1. The van der Waals surface area contributed by atoms with E-state index in [2.05, 4.69) is 20.7 Å². The van der Waals surface area contributed by atoms with E-state index >= 15 is 0 Å². The largest absolute Gasteiger partial charge is 0.493 e. The number of aromatic amines is 1. The number of methoxy groups -OCH3 is 2. The minimum atomic E-state index is -0.123. The molecule has 2 aromatic carbocycles. The van der Waals surface area contributed by atoms with Crippen molar-refractivity contribution in [3.05, 3.63) is 42.0 Å². The van der Waals surface area contributed by atoms with E-state index in [0.717, 1.165) is 23.3 Å². The van der Waals surface area contributed by atoms with Crippen molar-refractivity contribution in [1.29, 1.82) is 0 Å². The van der Waals surface area contributed by atoms with Gasteiger partial charge in [0.25, 0.3) is 0 Å². The smallest absolute Gasteiger partial charge is 0.321 e. The molecule has 0 spiro atoms. The monoisotopic (exact) mass is 367 g/mol. The molecule has 2 amide bonds. The van der Waals surface area contributed by atoms with Crippen molar-refractivity contribution in [2.24, 2.45) is 0 Å². The number of rotatable bonds is 4. The normalized spacial score (nSPS) is 16.5. The molecular formula is C19H21N5O3. The number of urea groups is 1. The molecule has 0 radical (unpaired) electrons. The van der Waals surface area contributed by atoms with Crippen molar-refractivity contribution in [1.82, 2.24) is 20.3 Å². The summed E-state index contributed by atoms with van der Waals surface area (Å²) in [5, 5.41) is 13.6. The third-order valence-electron chi connectivity index (χ3n) is 4.92. The second kappa shape index (κ2) is 7.14. The van der Waals surface area contributed by atoms with Crippen LogP contribution in [0.4, 0.5) is 10.5 Å². The minimum absolute atomic E-state index is 0.123. The highest BCUT2D eigenvalue weighted by molar-refractivity contribution is 5.92. The lowest BCUT2D eigenvalue weighted by Gasteiger charge is -2.19. The van der Waals surface area contributed by atoms with Gasteiger partial charge in [-0.05, 0) is 30.7 Å². The second-order valence-corrected chi connectivity index (χ2v) is 6.47. The average Bonchev–Trinajstić information content (AvgIpc) is 3.36. The van der Waals surface area contributed by atoms with E-state index in [4.69, 9.17) is 9.47 Å². The van der Waals surface area contributed by atoms with E-state index < -0.39 is 0 Å². The fourth-order valence-electron chi connectivity index (χ4n) is 3.55. The first-order chi connectivity index (χ1) is 13.2. The Morgan fingerprint density at radius 2 is 2.04 bits per heavy atom. The Morgan fingerprint density at radius 1 is 1.19 bits per heavy atom. The fraction of sp³-hybridized carbons (Fsp3) is 0.316. The van der Waals surface area contributed by atoms with E-state index in [9.17, 15) is 4.79 Å². The molecular weight excluding hydrogens is 346 g/mol. The fourth-order valence-corrected chi connectivity index (χ4v) is 3.55. The summed E-state index contributed by atoms with van der Waals surface area (Å²) in [7, 11) is 3.27. The van der Waals surface area contributed by atoms with Crippen LogP contribution in [0.25, 0.3) is 11.0 Å². The van der Waals surface area contributed by atoms with E-state index in [1.165, 1.54) is 0 Å². The molecule has 27 heavy (non-hydrogen) atoms. The van der Waals surface area contributed by atoms with Crippen LogP contribution in [0.2, 0.25) is 0 Å². The van der Waals surface area contributed by atoms with E-state index in [-0.39, 0.29) is 11.9 Å². The number of aromatic nitrogens is 3. The molecule has 0 unspecified atom stereocenters. The van der Waals surface area contributed by atoms with Gasteiger partial charge in [-0.3, -0.25) is 0 Å². The molecule has 8 heteroatoms. The molecule has 140 valence electrons. The number of benzene rings is 2. The van der Waals surface area contributed by atoms with Gasteiger partial charge in [0, 0.05) is 30.3 Å². The highest BCUT2D eigenvalue weighted by atomic mass is 16.5. The maximum absolute atomic E-state index is 12.7. The number of likely N-dealkylation sites (tertiary alicyclic amines) is 1. The van der Waals surface area contributed by atoms with E-state index in [1.807, 2.05) is 35.2 Å². The van der Waals surface area contributed by atoms with Gasteiger partial charge in [-0.2, -0.15) is 15.4 Å². The summed E-state index contributed by atoms with van der Waals surface area (Å²) < 4.78 is 10.9. The van der Waals surface area contributed by atoms with Gasteiger partial charge in [-0.25, -0.2) is 4.79 Å². The van der Waals surface area contributed by atoms with Crippen LogP contribution >= 0.6 is 0 Å². The van der Waals surface area contributed by atoms with Crippen LogP contribution in [0.5, 0.6) is 11.5 Å². The van der Waals surface area contributed by atoms with Crippen molar-refractivity contribution in [3.63, 3.8) is 0 Å². The van der Waals surface area contributed by atoms with E-state index in [1.54, 1.807) is 20.3 Å². The van der Waals surface area contributed by atoms with Crippen LogP contribution in [0.3, 0.4) is 0 Å². The molecule has 2 N–H and O–H groups in total. The quantitative estimate of drug-likeness (QED) is 0.739. The van der Waals surface area contributed by atoms with Crippen LogP contribution in [0, 0.1) is 0 Å². The Morgan fingerprint density at radius 3 is 2.85 bits per heavy atom. The molecule has 1 aromatic heterocycles. The maximum atomic E-state index is 12.7. The second-order valence-electron chi connectivity index (χ2n) is 6.47. The molecule has 1 aliphatic heterocycles. The SMILES string of the molecule is COc1cccc([C@H]2CCN(C(=O)Nc3ccc4n[nH]nc4c3)C2)c1OC. The zero-order valence-electron chi connectivity index (χ0n) is 15.2. The third kappa shape index (κ3) is 3.25. The zero-order chi connectivity index (χ0) is 18.8. The standard InChI is InChI=1S/C19H21N5O3/c1-26-17-5-3-4-14(18(17)27-2)12-8-9-24(11-12)19(25)20-13-6-7-15-16(10-13)22-23-21-15/h3-7,10,12H,8-9,11H2,1-2H3,(H,20,25)(H,21,22,23)/t12-/m0/s1. The van der Waals surface area contributed by atoms with Crippen molar-refractivity contribution < 1.29 is 14.3 Å². The van der Waals surface area contributed by atoms with Crippen LogP contribution < -0.4 is 14.8 Å². The minimum Gasteiger partial charge on any atom is -0.493 e. The number of ether oxygens (including phenoxy) is 2. The number of carbonyl (C=O) groups excluding carboxylic acids is 1. The lowest BCUT2D eigenvalue weighted by atomic mass is 9.97. The molecule has 0 bridgehead atoms. The number of amides is 2. The predicted octanol–water partition coefficient (Wildman–Crippen LogP) is 3.00. The first-order valence-electron chi connectivity index (χ1n) is 8.77. The Hall–Kier alpha value is -3.29. The molecule has 1 aliphatic rings. The number of nitrogens with zero attached hydrogens (tertiary/aromatic N) is 3. The Kier molecular flexibility index (Phi) is 4.53. The zero-order valence-corrected chi connectivity index (χ0v) is 15.2. The van der Waals surface area contributed by atoms with Gasteiger partial charge in [-0.1, -0.05) is 12.1 Å². The number of anilines is 1. The molecule has 1 fully saturated rings. The molecule has 8 nitrogen and oxygen atoms in total. The summed E-state index contributed by atoms with van der Waals surface area (Å²) in [4.78, 5) is 14.5. The van der Waals surface area contributed by atoms with Crippen LogP contribution in [-0.4, -0.2) is 53.7 Å². The van der Waals surface area contributed by atoms with Gasteiger partial charge in [-0.15, -0.1) is 0 Å². The lowest BCUT2D eigenvalue weighted by molar-refractivity contribution is 0.222. The Labute approximate surface area is 156 Å². The Balaban J connectivity index is 1.47. The number of hydrogen-bond donors (Lipinski definition) is 2. The van der Waals surface area contributed by atoms with Crippen molar-refractivity contribution in [2.45, 2.75) is 12.3 Å². The van der Waals surface area contributed by atoms with Gasteiger partial charge >= 0.3 is 6.03 Å². The third-order valence-corrected chi connectivity index (χ3v) is 4.92. The van der Waals surface area contributed by atoms with Gasteiger partial charge in [0.15, 0.2) is 11.5 Å². The van der Waals surface area contributed by atoms with Crippen molar-refractivity contribution in [2.75, 3.05) is 32.6 Å². The molecule has 2 heterocycles. The summed E-state index contributed by atoms with van der Waals surface area (Å²) in [5.74, 6) is 1.65. The highest BCUT2D eigenvalue weighted by Gasteiger charge is 2.30. The van der Waals surface area contributed by atoms with Crippen molar-refractivity contribution >= 4 is 22.8 Å². The van der Waals surface area contributed by atoms with Gasteiger partial charge in [0.05, 0.1) is 14.2 Å². The van der Waals surface area contributed by atoms with Gasteiger partial charge in [0.2, 0.25) is 0 Å². The number of para-hydroxylation sites is 1. The summed E-state index contributed by atoms with van der Waals surface area (Å²) >= 11 is 0. The number of carbonyl (C=O) groups is 1. The summed E-state index contributed by atoms with van der Waals surface area (Å²) in [6.45, 7) is 1.31. The van der Waals surface area contributed by atoms with Gasteiger partial charge < -0.3 is 19.7 Å². The molecule has 1 atom stereocenters. The topological polar surface area (TPSA) is 92.4 Å². The van der Waals surface area contributed by atoms with Crippen LogP contribution in [-0.2, 0) is 0 Å². The summed E-state index contributed by atoms with van der Waals surface area (Å²) in [6.07, 6.45) is 0.874. The summed E-state index contributed by atoms with van der Waals surface area (Å²) in [6, 6.07) is 11.2. The number of fused-ring (bicyclic) bond motifs is 1. The molecule has 4 rings (SSSR count). The van der Waals surface area contributed by atoms with Crippen LogP contribution in [0.15, 0.2) is 36.4 Å². The Bertz CT molecular complexity index is 971. The first-order valence-corrected chi connectivity index (χ1v) is 8.77. The number of nitrogens with one attached hydrogen (secondary N) is 2. The van der Waals surface area contributed by atoms with Gasteiger partial charge in [0.1, 0.15) is 11.0 Å². The molecule has 3 aromatic rings.